The molecule has 2 atom stereocenters. The number of benzene rings is 1. The van der Waals surface area contributed by atoms with Gasteiger partial charge in [-0.25, -0.2) is 0 Å². The van der Waals surface area contributed by atoms with Crippen LogP contribution in [0.2, 0.25) is 0 Å². The van der Waals surface area contributed by atoms with Crippen molar-refractivity contribution in [3.63, 3.8) is 0 Å². The fraction of sp³-hybridized carbons (Fsp3) is 0.667. The van der Waals surface area contributed by atoms with Crippen LogP contribution in [0.25, 0.3) is 0 Å². The summed E-state index contributed by atoms with van der Waals surface area (Å²) in [7, 11) is 0. The number of carbonyl (C=O) groups is 1. The summed E-state index contributed by atoms with van der Waals surface area (Å²) in [5.74, 6) is 0.132. The van der Waals surface area contributed by atoms with Gasteiger partial charge < -0.3 is 10.1 Å². The molecule has 2 aliphatic rings. The molecule has 0 spiro atoms. The lowest BCUT2D eigenvalue weighted by molar-refractivity contribution is -0.125. The Hall–Kier alpha value is -1.43. The van der Waals surface area contributed by atoms with E-state index in [1.807, 2.05) is 0 Å². The Kier molecular flexibility index (Phi) is 7.47. The van der Waals surface area contributed by atoms with Crippen LogP contribution in [0.4, 0.5) is 0 Å². The SMILES string of the molecule is CC(CN1CCN(Cc2ccccc2)CC1)NC(=O)CC1CCCCO1. The number of nitrogens with one attached hydrogen (secondary N) is 1. The average molecular weight is 360 g/mol. The molecule has 1 aromatic rings. The Morgan fingerprint density at radius 3 is 2.58 bits per heavy atom. The van der Waals surface area contributed by atoms with Gasteiger partial charge in [0.05, 0.1) is 12.5 Å². The van der Waals surface area contributed by atoms with Gasteiger partial charge in [0.15, 0.2) is 0 Å². The molecule has 5 heteroatoms. The minimum absolute atomic E-state index is 0.123. The molecule has 2 aliphatic heterocycles. The van der Waals surface area contributed by atoms with E-state index in [1.165, 1.54) is 12.0 Å². The van der Waals surface area contributed by atoms with Crippen molar-refractivity contribution in [2.24, 2.45) is 0 Å². The lowest BCUT2D eigenvalue weighted by Crippen LogP contribution is -2.50. The molecule has 2 unspecified atom stereocenters. The van der Waals surface area contributed by atoms with Gasteiger partial charge in [-0.1, -0.05) is 30.3 Å². The molecule has 2 fully saturated rings. The minimum atomic E-state index is 0.123. The van der Waals surface area contributed by atoms with E-state index >= 15 is 0 Å². The van der Waals surface area contributed by atoms with E-state index in [1.54, 1.807) is 0 Å². The van der Waals surface area contributed by atoms with Crippen LogP contribution in [-0.4, -0.2) is 67.2 Å². The summed E-state index contributed by atoms with van der Waals surface area (Å²) in [5.41, 5.74) is 1.38. The average Bonchev–Trinajstić information content (AvgIpc) is 2.65. The summed E-state index contributed by atoms with van der Waals surface area (Å²) in [6, 6.07) is 10.9. The molecule has 5 nitrogen and oxygen atoms in total. The van der Waals surface area contributed by atoms with Gasteiger partial charge in [-0.05, 0) is 31.7 Å². The quantitative estimate of drug-likeness (QED) is 0.811. The number of nitrogens with zero attached hydrogens (tertiary/aromatic N) is 2. The smallest absolute Gasteiger partial charge is 0.222 e. The van der Waals surface area contributed by atoms with Crippen LogP contribution in [0.1, 0.15) is 38.2 Å². The van der Waals surface area contributed by atoms with Crippen molar-refractivity contribution in [2.45, 2.75) is 51.3 Å². The maximum absolute atomic E-state index is 12.2. The zero-order valence-corrected chi connectivity index (χ0v) is 16.0. The van der Waals surface area contributed by atoms with Crippen LogP contribution >= 0.6 is 0 Å². The molecular formula is C21H33N3O2. The van der Waals surface area contributed by atoms with Crippen LogP contribution in [0, 0.1) is 0 Å². The predicted octanol–water partition coefficient (Wildman–Crippen LogP) is 2.27. The summed E-state index contributed by atoms with van der Waals surface area (Å²) >= 11 is 0. The first-order chi connectivity index (χ1) is 12.7. The van der Waals surface area contributed by atoms with Crippen LogP contribution in [-0.2, 0) is 16.1 Å². The van der Waals surface area contributed by atoms with Gasteiger partial charge in [-0.15, -0.1) is 0 Å². The van der Waals surface area contributed by atoms with E-state index in [2.05, 4.69) is 52.4 Å². The highest BCUT2D eigenvalue weighted by atomic mass is 16.5. The Bertz CT molecular complexity index is 537. The predicted molar refractivity (Wildman–Crippen MR) is 104 cm³/mol. The molecule has 0 radical (unpaired) electrons. The van der Waals surface area contributed by atoms with Crippen molar-refractivity contribution in [1.29, 1.82) is 0 Å². The largest absolute Gasteiger partial charge is 0.378 e. The van der Waals surface area contributed by atoms with Crippen LogP contribution < -0.4 is 5.32 Å². The molecule has 2 heterocycles. The molecule has 0 saturated carbocycles. The van der Waals surface area contributed by atoms with Crippen LogP contribution in [0.15, 0.2) is 30.3 Å². The number of rotatable bonds is 7. The summed E-state index contributed by atoms with van der Waals surface area (Å²) in [6.07, 6.45) is 3.96. The number of piperazine rings is 1. The third kappa shape index (κ3) is 6.38. The maximum atomic E-state index is 12.2. The van der Waals surface area contributed by atoms with Crippen molar-refractivity contribution in [3.8, 4) is 0 Å². The van der Waals surface area contributed by atoms with Crippen LogP contribution in [0.3, 0.4) is 0 Å². The van der Waals surface area contributed by atoms with Crippen molar-refractivity contribution in [2.75, 3.05) is 39.3 Å². The molecule has 1 amide bonds. The molecule has 26 heavy (non-hydrogen) atoms. The topological polar surface area (TPSA) is 44.8 Å². The van der Waals surface area contributed by atoms with Crippen molar-refractivity contribution in [3.05, 3.63) is 35.9 Å². The van der Waals surface area contributed by atoms with Crippen LogP contribution in [0.5, 0.6) is 0 Å². The first-order valence-corrected chi connectivity index (χ1v) is 10.1. The van der Waals surface area contributed by atoms with E-state index < -0.39 is 0 Å². The molecule has 1 N–H and O–H groups in total. The summed E-state index contributed by atoms with van der Waals surface area (Å²) in [4.78, 5) is 17.2. The zero-order valence-electron chi connectivity index (χ0n) is 16.0. The van der Waals surface area contributed by atoms with Gasteiger partial charge >= 0.3 is 0 Å². The Morgan fingerprint density at radius 1 is 1.15 bits per heavy atom. The second-order valence-electron chi connectivity index (χ2n) is 7.72. The third-order valence-electron chi connectivity index (χ3n) is 5.34. The summed E-state index contributed by atoms with van der Waals surface area (Å²) in [5, 5.41) is 3.15. The molecule has 0 aromatic heterocycles. The number of amides is 1. The van der Waals surface area contributed by atoms with E-state index in [9.17, 15) is 4.79 Å². The highest BCUT2D eigenvalue weighted by molar-refractivity contribution is 5.76. The zero-order chi connectivity index (χ0) is 18.2. The van der Waals surface area contributed by atoms with E-state index in [0.29, 0.717) is 6.42 Å². The van der Waals surface area contributed by atoms with E-state index in [-0.39, 0.29) is 18.1 Å². The summed E-state index contributed by atoms with van der Waals surface area (Å²) in [6.45, 7) is 9.18. The third-order valence-corrected chi connectivity index (χ3v) is 5.34. The van der Waals surface area contributed by atoms with Crippen molar-refractivity contribution < 1.29 is 9.53 Å². The van der Waals surface area contributed by atoms with Crippen molar-refractivity contribution >= 4 is 5.91 Å². The summed E-state index contributed by atoms with van der Waals surface area (Å²) < 4.78 is 5.66. The van der Waals surface area contributed by atoms with Gasteiger partial charge in [0, 0.05) is 51.9 Å². The molecule has 144 valence electrons. The maximum Gasteiger partial charge on any atom is 0.222 e. The van der Waals surface area contributed by atoms with Gasteiger partial charge in [-0.2, -0.15) is 0 Å². The monoisotopic (exact) mass is 359 g/mol. The number of hydrogen-bond acceptors (Lipinski definition) is 4. The molecule has 2 saturated heterocycles. The fourth-order valence-electron chi connectivity index (χ4n) is 3.91. The Morgan fingerprint density at radius 2 is 1.88 bits per heavy atom. The first kappa shape index (κ1) is 19.3. The number of hydrogen-bond donors (Lipinski definition) is 1. The fourth-order valence-corrected chi connectivity index (χ4v) is 3.91. The standard InChI is InChI=1S/C21H33N3O2/c1-18(22-21(25)15-20-9-5-6-14-26-20)16-23-10-12-24(13-11-23)17-19-7-3-2-4-8-19/h2-4,7-8,18,20H,5-6,9-17H2,1H3,(H,22,25). The molecule has 3 rings (SSSR count). The lowest BCUT2D eigenvalue weighted by Gasteiger charge is -2.36. The second kappa shape index (κ2) is 10.0. The normalized spacial score (nSPS) is 23.5. The highest BCUT2D eigenvalue weighted by Gasteiger charge is 2.21. The van der Waals surface area contributed by atoms with Gasteiger partial charge in [-0.3, -0.25) is 14.6 Å². The Balaban J connectivity index is 1.32. The first-order valence-electron chi connectivity index (χ1n) is 10.1. The second-order valence-corrected chi connectivity index (χ2v) is 7.72. The van der Waals surface area contributed by atoms with Crippen molar-refractivity contribution in [1.82, 2.24) is 15.1 Å². The Labute approximate surface area is 157 Å². The van der Waals surface area contributed by atoms with Gasteiger partial charge in [0.1, 0.15) is 0 Å². The molecule has 1 aromatic carbocycles. The van der Waals surface area contributed by atoms with Gasteiger partial charge in [0.2, 0.25) is 5.91 Å². The number of carbonyl (C=O) groups excluding carboxylic acids is 1. The number of ether oxygens (including phenoxy) is 1. The van der Waals surface area contributed by atoms with Gasteiger partial charge in [0.25, 0.3) is 0 Å². The minimum Gasteiger partial charge on any atom is -0.378 e. The molecule has 0 aliphatic carbocycles. The van der Waals surface area contributed by atoms with E-state index in [4.69, 9.17) is 4.74 Å². The molecule has 0 bridgehead atoms. The highest BCUT2D eigenvalue weighted by Crippen LogP contribution is 2.15. The molecular weight excluding hydrogens is 326 g/mol. The van der Waals surface area contributed by atoms with E-state index in [0.717, 1.165) is 58.7 Å². The lowest BCUT2D eigenvalue weighted by atomic mass is 10.1.